The molecule has 2 atom stereocenters. The lowest BCUT2D eigenvalue weighted by molar-refractivity contribution is 0.0273. The van der Waals surface area contributed by atoms with Crippen molar-refractivity contribution in [3.8, 4) is 0 Å². The van der Waals surface area contributed by atoms with Crippen LogP contribution in [-0.4, -0.2) is 43.3 Å². The number of hydrogen-bond donors (Lipinski definition) is 1. The number of ether oxygens (including phenoxy) is 2. The third-order valence-corrected chi connectivity index (χ3v) is 3.92. The molecule has 5 nitrogen and oxygen atoms in total. The number of hydrogen-bond acceptors (Lipinski definition) is 5. The Morgan fingerprint density at radius 2 is 2.42 bits per heavy atom. The summed E-state index contributed by atoms with van der Waals surface area (Å²) in [6, 6.07) is 6.08. The van der Waals surface area contributed by atoms with Gasteiger partial charge in [0.1, 0.15) is 0 Å². The number of rotatable bonds is 3. The Labute approximate surface area is 112 Å². The molecule has 0 saturated carbocycles. The number of likely N-dealkylation sites (tertiary alicyclic amines) is 1. The molecule has 2 heterocycles. The van der Waals surface area contributed by atoms with Crippen molar-refractivity contribution in [3.63, 3.8) is 0 Å². The smallest absolute Gasteiger partial charge is 0.339 e. The molecular weight excluding hydrogens is 244 g/mol. The lowest BCUT2D eigenvalue weighted by Crippen LogP contribution is -2.36. The second-order valence-electron chi connectivity index (χ2n) is 5.19. The van der Waals surface area contributed by atoms with Gasteiger partial charge < -0.3 is 15.2 Å². The highest BCUT2D eigenvalue weighted by atomic mass is 16.5. The Morgan fingerprint density at radius 3 is 3.05 bits per heavy atom. The van der Waals surface area contributed by atoms with Crippen LogP contribution in [0.5, 0.6) is 0 Å². The van der Waals surface area contributed by atoms with E-state index >= 15 is 0 Å². The topological polar surface area (TPSA) is 64.8 Å². The Morgan fingerprint density at radius 1 is 1.58 bits per heavy atom. The molecule has 2 aliphatic heterocycles. The van der Waals surface area contributed by atoms with Crippen molar-refractivity contribution in [2.75, 3.05) is 26.0 Å². The number of esters is 1. The zero-order valence-corrected chi connectivity index (χ0v) is 11.0. The second-order valence-corrected chi connectivity index (χ2v) is 5.19. The highest BCUT2D eigenvalue weighted by molar-refractivity contribution is 5.95. The number of carbonyl (C=O) groups is 1. The number of nitrogens with two attached hydrogens (primary N) is 1. The number of benzene rings is 1. The maximum atomic E-state index is 11.6. The summed E-state index contributed by atoms with van der Waals surface area (Å²) in [5.41, 5.74) is 7.79. The predicted octanol–water partition coefficient (Wildman–Crippen LogP) is 1.03. The maximum Gasteiger partial charge on any atom is 0.339 e. The normalized spacial score (nSPS) is 25.7. The molecule has 0 spiro atoms. The van der Waals surface area contributed by atoms with E-state index in [4.69, 9.17) is 15.2 Å². The fourth-order valence-electron chi connectivity index (χ4n) is 2.90. The van der Waals surface area contributed by atoms with Crippen molar-refractivity contribution in [2.24, 2.45) is 0 Å². The van der Waals surface area contributed by atoms with Gasteiger partial charge >= 0.3 is 5.97 Å². The van der Waals surface area contributed by atoms with Gasteiger partial charge in [-0.15, -0.1) is 0 Å². The van der Waals surface area contributed by atoms with Crippen molar-refractivity contribution in [1.82, 2.24) is 4.90 Å². The Balaban J connectivity index is 1.76. The van der Waals surface area contributed by atoms with E-state index in [1.165, 1.54) is 7.11 Å². The number of methoxy groups -OCH3 is 1. The van der Waals surface area contributed by atoms with E-state index in [-0.39, 0.29) is 5.97 Å². The zero-order chi connectivity index (χ0) is 13.4. The van der Waals surface area contributed by atoms with Crippen LogP contribution in [0.3, 0.4) is 0 Å². The first kappa shape index (κ1) is 12.4. The van der Waals surface area contributed by atoms with E-state index in [1.54, 1.807) is 6.07 Å². The van der Waals surface area contributed by atoms with Gasteiger partial charge in [0, 0.05) is 24.8 Å². The van der Waals surface area contributed by atoms with Crippen molar-refractivity contribution in [2.45, 2.75) is 25.1 Å². The predicted molar refractivity (Wildman–Crippen MR) is 70.7 cm³/mol. The van der Waals surface area contributed by atoms with Crippen LogP contribution in [0.1, 0.15) is 22.3 Å². The molecule has 19 heavy (non-hydrogen) atoms. The molecule has 102 valence electrons. The average molecular weight is 262 g/mol. The molecule has 2 aliphatic rings. The molecule has 5 heteroatoms. The van der Waals surface area contributed by atoms with Gasteiger partial charge in [-0.2, -0.15) is 0 Å². The minimum Gasteiger partial charge on any atom is -0.465 e. The molecule has 1 aromatic carbocycles. The number of carbonyl (C=O) groups excluding carboxylic acids is 1. The minimum absolute atomic E-state index is 0.384. The number of morpholine rings is 1. The molecule has 0 aromatic heterocycles. The van der Waals surface area contributed by atoms with Crippen molar-refractivity contribution < 1.29 is 14.3 Å². The van der Waals surface area contributed by atoms with E-state index in [2.05, 4.69) is 4.90 Å². The molecule has 2 fully saturated rings. The van der Waals surface area contributed by atoms with Crippen molar-refractivity contribution in [3.05, 3.63) is 29.3 Å². The van der Waals surface area contributed by atoms with Gasteiger partial charge in [-0.25, -0.2) is 4.79 Å². The summed E-state index contributed by atoms with van der Waals surface area (Å²) < 4.78 is 10.3. The van der Waals surface area contributed by atoms with Crippen molar-refractivity contribution in [1.29, 1.82) is 0 Å². The van der Waals surface area contributed by atoms with Gasteiger partial charge in [-0.05, 0) is 24.1 Å². The summed E-state index contributed by atoms with van der Waals surface area (Å²) in [6.45, 7) is 2.63. The standard InChI is InChI=1S/C14H18N2O3/c1-18-14(17)12-4-9(2-3-13(12)15)6-16-7-11-5-10(16)8-19-11/h2-4,10-11H,5-8,15H2,1H3/t10-,11-/m0/s1. The molecule has 3 rings (SSSR count). The molecule has 2 N–H and O–H groups in total. The fourth-order valence-corrected chi connectivity index (χ4v) is 2.90. The molecule has 0 radical (unpaired) electrons. The van der Waals surface area contributed by atoms with Crippen molar-refractivity contribution >= 4 is 11.7 Å². The van der Waals surface area contributed by atoms with Crippen LogP contribution < -0.4 is 5.73 Å². The van der Waals surface area contributed by atoms with E-state index in [1.807, 2.05) is 12.1 Å². The third kappa shape index (κ3) is 2.31. The number of anilines is 1. The van der Waals surface area contributed by atoms with Gasteiger partial charge in [0.05, 0.1) is 25.4 Å². The largest absolute Gasteiger partial charge is 0.465 e. The summed E-state index contributed by atoms with van der Waals surface area (Å²) >= 11 is 0. The quantitative estimate of drug-likeness (QED) is 0.651. The monoisotopic (exact) mass is 262 g/mol. The average Bonchev–Trinajstić information content (AvgIpc) is 3.02. The molecule has 0 amide bonds. The van der Waals surface area contributed by atoms with Crippen LogP contribution >= 0.6 is 0 Å². The lowest BCUT2D eigenvalue weighted by atomic mass is 10.1. The summed E-state index contributed by atoms with van der Waals surface area (Å²) in [6.07, 6.45) is 1.51. The van der Waals surface area contributed by atoms with E-state index in [0.717, 1.165) is 31.7 Å². The fraction of sp³-hybridized carbons (Fsp3) is 0.500. The minimum atomic E-state index is -0.384. The first-order chi connectivity index (χ1) is 9.17. The van der Waals surface area contributed by atoms with Crippen LogP contribution in [0, 0.1) is 0 Å². The zero-order valence-electron chi connectivity index (χ0n) is 11.0. The van der Waals surface area contributed by atoms with Gasteiger partial charge in [-0.1, -0.05) is 6.07 Å². The number of nitrogens with zero attached hydrogens (tertiary/aromatic N) is 1. The summed E-state index contributed by atoms with van der Waals surface area (Å²) in [4.78, 5) is 14.0. The first-order valence-electron chi connectivity index (χ1n) is 6.49. The highest BCUT2D eigenvalue weighted by Crippen LogP contribution is 2.29. The molecule has 0 unspecified atom stereocenters. The first-order valence-corrected chi connectivity index (χ1v) is 6.49. The van der Waals surface area contributed by atoms with Gasteiger partial charge in [-0.3, -0.25) is 4.90 Å². The summed E-state index contributed by atoms with van der Waals surface area (Å²) in [5.74, 6) is -0.384. The van der Waals surface area contributed by atoms with E-state index < -0.39 is 0 Å². The van der Waals surface area contributed by atoms with Gasteiger partial charge in [0.25, 0.3) is 0 Å². The van der Waals surface area contributed by atoms with Crippen LogP contribution in [0.2, 0.25) is 0 Å². The molecule has 2 bridgehead atoms. The summed E-state index contributed by atoms with van der Waals surface area (Å²) in [5, 5.41) is 0. The number of fused-ring (bicyclic) bond motifs is 2. The van der Waals surface area contributed by atoms with Crippen LogP contribution in [0.4, 0.5) is 5.69 Å². The van der Waals surface area contributed by atoms with E-state index in [0.29, 0.717) is 23.4 Å². The SMILES string of the molecule is COC(=O)c1cc(CN2C[C@@H]3C[C@H]2CO3)ccc1N. The van der Waals surface area contributed by atoms with Crippen LogP contribution in [0.25, 0.3) is 0 Å². The Bertz CT molecular complexity index is 503. The van der Waals surface area contributed by atoms with Gasteiger partial charge in [0.15, 0.2) is 0 Å². The highest BCUT2D eigenvalue weighted by Gasteiger charge is 2.38. The lowest BCUT2D eigenvalue weighted by Gasteiger charge is -2.26. The Kier molecular flexibility index (Phi) is 3.16. The molecule has 0 aliphatic carbocycles. The number of nitrogen functional groups attached to an aromatic ring is 1. The summed E-state index contributed by atoms with van der Waals surface area (Å²) in [7, 11) is 1.37. The molecule has 1 aromatic rings. The maximum absolute atomic E-state index is 11.6. The second kappa shape index (κ2) is 4.83. The third-order valence-electron chi connectivity index (χ3n) is 3.92. The molecule has 2 saturated heterocycles. The molecular formula is C14H18N2O3. The van der Waals surface area contributed by atoms with Crippen LogP contribution in [0.15, 0.2) is 18.2 Å². The van der Waals surface area contributed by atoms with Gasteiger partial charge in [0.2, 0.25) is 0 Å². The van der Waals surface area contributed by atoms with Crippen LogP contribution in [-0.2, 0) is 16.0 Å². The van der Waals surface area contributed by atoms with E-state index in [9.17, 15) is 4.79 Å². The Hall–Kier alpha value is -1.59.